The molecule has 1 unspecified atom stereocenters. The van der Waals surface area contributed by atoms with Gasteiger partial charge in [-0.2, -0.15) is 0 Å². The Morgan fingerprint density at radius 2 is 1.90 bits per heavy atom. The fourth-order valence-corrected chi connectivity index (χ4v) is 2.63. The van der Waals surface area contributed by atoms with Crippen molar-refractivity contribution in [1.82, 2.24) is 5.32 Å². The lowest BCUT2D eigenvalue weighted by atomic mass is 9.92. The third-order valence-electron chi connectivity index (χ3n) is 3.53. The molecule has 21 heavy (non-hydrogen) atoms. The molecule has 2 rings (SSSR count). The fraction of sp³-hybridized carbons (Fsp3) is 0.333. The average Bonchev–Trinajstić information content (AvgIpc) is 2.48. The molecule has 0 aliphatic carbocycles. The lowest BCUT2D eigenvalue weighted by molar-refractivity contribution is 0.575. The molecule has 0 heterocycles. The highest BCUT2D eigenvalue weighted by Crippen LogP contribution is 2.23. The van der Waals surface area contributed by atoms with Gasteiger partial charge in [-0.25, -0.2) is 4.39 Å². The predicted octanol–water partition coefficient (Wildman–Crippen LogP) is 4.81. The number of hydrogen-bond donors (Lipinski definition) is 1. The fourth-order valence-electron chi connectivity index (χ4n) is 2.43. The highest BCUT2D eigenvalue weighted by molar-refractivity contribution is 6.30. The minimum Gasteiger partial charge on any atom is -0.316 e. The number of benzene rings is 2. The van der Waals surface area contributed by atoms with E-state index in [0.29, 0.717) is 5.92 Å². The molecule has 112 valence electrons. The summed E-state index contributed by atoms with van der Waals surface area (Å²) < 4.78 is 13.0. The molecule has 1 N–H and O–H groups in total. The first-order valence-electron chi connectivity index (χ1n) is 7.39. The second-order valence-electron chi connectivity index (χ2n) is 5.29. The average molecular weight is 306 g/mol. The summed E-state index contributed by atoms with van der Waals surface area (Å²) in [6.07, 6.45) is 1.98. The highest BCUT2D eigenvalue weighted by atomic mass is 35.5. The summed E-state index contributed by atoms with van der Waals surface area (Å²) in [4.78, 5) is 0. The van der Waals surface area contributed by atoms with Crippen molar-refractivity contribution in [2.45, 2.75) is 25.7 Å². The maximum Gasteiger partial charge on any atom is 0.123 e. The van der Waals surface area contributed by atoms with E-state index >= 15 is 0 Å². The van der Waals surface area contributed by atoms with Crippen LogP contribution >= 0.6 is 11.6 Å². The van der Waals surface area contributed by atoms with E-state index in [4.69, 9.17) is 11.6 Å². The predicted molar refractivity (Wildman–Crippen MR) is 87.5 cm³/mol. The second kappa shape index (κ2) is 8.16. The molecular weight excluding hydrogens is 285 g/mol. The van der Waals surface area contributed by atoms with E-state index in [-0.39, 0.29) is 5.82 Å². The van der Waals surface area contributed by atoms with Crippen molar-refractivity contribution in [3.05, 3.63) is 70.5 Å². The van der Waals surface area contributed by atoms with Gasteiger partial charge in [0.15, 0.2) is 0 Å². The van der Waals surface area contributed by atoms with E-state index in [1.54, 1.807) is 0 Å². The van der Waals surface area contributed by atoms with Crippen LogP contribution in [0.15, 0.2) is 48.5 Å². The van der Waals surface area contributed by atoms with Crippen LogP contribution in [-0.2, 0) is 6.42 Å². The summed E-state index contributed by atoms with van der Waals surface area (Å²) >= 11 is 6.10. The van der Waals surface area contributed by atoms with Crippen molar-refractivity contribution in [3.63, 3.8) is 0 Å². The van der Waals surface area contributed by atoms with Crippen LogP contribution in [0.25, 0.3) is 0 Å². The van der Waals surface area contributed by atoms with Gasteiger partial charge in [0.25, 0.3) is 0 Å². The summed E-state index contributed by atoms with van der Waals surface area (Å²) in [7, 11) is 0. The zero-order valence-electron chi connectivity index (χ0n) is 12.3. The first kappa shape index (κ1) is 16.0. The van der Waals surface area contributed by atoms with Gasteiger partial charge in [-0.3, -0.25) is 0 Å². The Bertz CT molecular complexity index is 553. The van der Waals surface area contributed by atoms with E-state index < -0.39 is 0 Å². The molecule has 2 aromatic carbocycles. The van der Waals surface area contributed by atoms with Crippen molar-refractivity contribution in [1.29, 1.82) is 0 Å². The van der Waals surface area contributed by atoms with Crippen LogP contribution in [0.4, 0.5) is 4.39 Å². The summed E-state index contributed by atoms with van der Waals surface area (Å²) in [5.74, 6) is 0.142. The number of rotatable bonds is 7. The van der Waals surface area contributed by atoms with Gasteiger partial charge in [0.1, 0.15) is 5.82 Å². The number of nitrogens with one attached hydrogen (secondary N) is 1. The zero-order chi connectivity index (χ0) is 15.1. The lowest BCUT2D eigenvalue weighted by Crippen LogP contribution is -2.23. The molecule has 3 heteroatoms. The van der Waals surface area contributed by atoms with Crippen molar-refractivity contribution in [2.75, 3.05) is 13.1 Å². The Morgan fingerprint density at radius 1 is 1.14 bits per heavy atom. The van der Waals surface area contributed by atoms with Gasteiger partial charge >= 0.3 is 0 Å². The topological polar surface area (TPSA) is 12.0 Å². The van der Waals surface area contributed by atoms with Gasteiger partial charge in [-0.15, -0.1) is 0 Å². The smallest absolute Gasteiger partial charge is 0.123 e. The van der Waals surface area contributed by atoms with E-state index in [9.17, 15) is 4.39 Å². The van der Waals surface area contributed by atoms with Crippen molar-refractivity contribution in [2.24, 2.45) is 0 Å². The van der Waals surface area contributed by atoms with Gasteiger partial charge in [0.05, 0.1) is 0 Å². The SMILES string of the molecule is CCCNCC(Cc1ccc(F)cc1)c1cccc(Cl)c1. The van der Waals surface area contributed by atoms with Gasteiger partial charge in [0, 0.05) is 17.5 Å². The van der Waals surface area contributed by atoms with Gasteiger partial charge in [-0.1, -0.05) is 42.8 Å². The molecule has 0 amide bonds. The molecule has 1 atom stereocenters. The third kappa shape index (κ3) is 5.14. The molecule has 0 fully saturated rings. The van der Waals surface area contributed by atoms with Crippen molar-refractivity contribution < 1.29 is 4.39 Å². The molecule has 0 aromatic heterocycles. The molecule has 2 aromatic rings. The van der Waals surface area contributed by atoms with Crippen LogP contribution < -0.4 is 5.32 Å². The summed E-state index contributed by atoms with van der Waals surface area (Å²) in [6, 6.07) is 14.7. The summed E-state index contributed by atoms with van der Waals surface area (Å²) in [5, 5.41) is 4.22. The lowest BCUT2D eigenvalue weighted by Gasteiger charge is -2.18. The Kier molecular flexibility index (Phi) is 6.21. The quantitative estimate of drug-likeness (QED) is 0.724. The molecule has 0 aliphatic heterocycles. The Hall–Kier alpha value is -1.38. The minimum atomic E-state index is -0.192. The summed E-state index contributed by atoms with van der Waals surface area (Å²) in [6.45, 7) is 4.05. The van der Waals surface area contributed by atoms with Crippen LogP contribution in [0.1, 0.15) is 30.4 Å². The zero-order valence-corrected chi connectivity index (χ0v) is 13.0. The molecule has 1 nitrogen and oxygen atoms in total. The molecular formula is C18H21ClFN. The first-order valence-corrected chi connectivity index (χ1v) is 7.77. The monoisotopic (exact) mass is 305 g/mol. The van der Waals surface area contributed by atoms with Crippen molar-refractivity contribution in [3.8, 4) is 0 Å². The maximum absolute atomic E-state index is 13.0. The molecule has 0 spiro atoms. The Morgan fingerprint density at radius 3 is 2.57 bits per heavy atom. The van der Waals surface area contributed by atoms with E-state index in [0.717, 1.165) is 36.5 Å². The second-order valence-corrected chi connectivity index (χ2v) is 5.72. The molecule has 0 bridgehead atoms. The molecule has 0 radical (unpaired) electrons. The first-order chi connectivity index (χ1) is 10.2. The number of hydrogen-bond acceptors (Lipinski definition) is 1. The van der Waals surface area contributed by atoms with E-state index in [1.165, 1.54) is 17.7 Å². The molecule has 0 aliphatic rings. The molecule has 0 saturated heterocycles. The van der Waals surface area contributed by atoms with E-state index in [1.807, 2.05) is 30.3 Å². The Balaban J connectivity index is 2.13. The van der Waals surface area contributed by atoms with Gasteiger partial charge in [-0.05, 0) is 54.8 Å². The maximum atomic E-state index is 13.0. The van der Waals surface area contributed by atoms with Crippen molar-refractivity contribution >= 4 is 11.6 Å². The minimum absolute atomic E-state index is 0.192. The largest absolute Gasteiger partial charge is 0.316 e. The molecule has 0 saturated carbocycles. The Labute approximate surface area is 131 Å². The number of halogens is 2. The summed E-state index contributed by atoms with van der Waals surface area (Å²) in [5.41, 5.74) is 2.36. The van der Waals surface area contributed by atoms with Gasteiger partial charge < -0.3 is 5.32 Å². The van der Waals surface area contributed by atoms with Crippen LogP contribution in [0.2, 0.25) is 5.02 Å². The van der Waals surface area contributed by atoms with Gasteiger partial charge in [0.2, 0.25) is 0 Å². The van der Waals surface area contributed by atoms with Crippen LogP contribution in [0, 0.1) is 5.82 Å². The van der Waals surface area contributed by atoms with Crippen LogP contribution in [0.5, 0.6) is 0 Å². The van der Waals surface area contributed by atoms with E-state index in [2.05, 4.69) is 18.3 Å². The third-order valence-corrected chi connectivity index (χ3v) is 3.77. The normalized spacial score (nSPS) is 12.3. The standard InChI is InChI=1S/C18H21ClFN/c1-2-10-21-13-16(15-4-3-5-17(19)12-15)11-14-6-8-18(20)9-7-14/h3-9,12,16,21H,2,10-11,13H2,1H3. The van der Waals surface area contributed by atoms with Crippen LogP contribution in [0.3, 0.4) is 0 Å². The van der Waals surface area contributed by atoms with Crippen LogP contribution in [-0.4, -0.2) is 13.1 Å². The highest BCUT2D eigenvalue weighted by Gasteiger charge is 2.12.